The predicted molar refractivity (Wildman–Crippen MR) is 113 cm³/mol. The number of rotatable bonds is 6. The van der Waals surface area contributed by atoms with Gasteiger partial charge in [-0.3, -0.25) is 24.2 Å². The van der Waals surface area contributed by atoms with E-state index in [0.29, 0.717) is 11.1 Å². The van der Waals surface area contributed by atoms with Crippen LogP contribution in [0.15, 0.2) is 48.8 Å². The maximum Gasteiger partial charge on any atom is 0.253 e. The number of carbonyl (C=O) groups excluding carboxylic acids is 4. The molecule has 3 N–H and O–H groups in total. The number of primary amides is 1. The van der Waals surface area contributed by atoms with Crippen LogP contribution in [0.5, 0.6) is 5.75 Å². The number of pyridine rings is 1. The highest BCUT2D eigenvalue weighted by Crippen LogP contribution is 2.40. The van der Waals surface area contributed by atoms with E-state index >= 15 is 0 Å². The van der Waals surface area contributed by atoms with Gasteiger partial charge in [-0.1, -0.05) is 18.2 Å². The van der Waals surface area contributed by atoms with Crippen molar-refractivity contribution in [3.05, 3.63) is 66.3 Å². The van der Waals surface area contributed by atoms with Gasteiger partial charge in [0, 0.05) is 18.9 Å². The molecule has 0 saturated carbocycles. The Bertz CT molecular complexity index is 1070. The van der Waals surface area contributed by atoms with Crippen LogP contribution in [0.25, 0.3) is 0 Å². The molecule has 2 fully saturated rings. The number of likely N-dealkylation sites (tertiary alicyclic amines) is 2. The molecular weight excluding hydrogens is 412 g/mol. The molecule has 32 heavy (non-hydrogen) atoms. The van der Waals surface area contributed by atoms with Crippen molar-refractivity contribution in [2.75, 3.05) is 13.1 Å². The zero-order valence-electron chi connectivity index (χ0n) is 17.3. The molecule has 9 nitrogen and oxygen atoms in total. The summed E-state index contributed by atoms with van der Waals surface area (Å²) in [5, 5.41) is 9.59. The Morgan fingerprint density at radius 3 is 2.69 bits per heavy atom. The van der Waals surface area contributed by atoms with Crippen LogP contribution in [0.2, 0.25) is 0 Å². The molecule has 1 radical (unpaired) electrons. The molecule has 9 heteroatoms. The molecule has 1 aromatic heterocycles. The Labute approximate surface area is 184 Å². The Morgan fingerprint density at radius 1 is 1.22 bits per heavy atom. The highest BCUT2D eigenvalue weighted by molar-refractivity contribution is 6.17. The number of phenols is 1. The maximum atomic E-state index is 13.1. The van der Waals surface area contributed by atoms with Gasteiger partial charge in [0.1, 0.15) is 5.75 Å². The minimum absolute atomic E-state index is 0.0318. The third kappa shape index (κ3) is 3.59. The van der Waals surface area contributed by atoms with E-state index in [2.05, 4.69) is 4.98 Å². The van der Waals surface area contributed by atoms with Crippen molar-refractivity contribution in [1.29, 1.82) is 0 Å². The molecule has 4 rings (SSSR count). The summed E-state index contributed by atoms with van der Waals surface area (Å²) in [6, 6.07) is 9.13. The summed E-state index contributed by atoms with van der Waals surface area (Å²) < 4.78 is 0. The number of Topliss-reactive ketones (excluding diaryl/α,β-unsaturated/α-hetero) is 1. The van der Waals surface area contributed by atoms with Gasteiger partial charge in [0.05, 0.1) is 25.4 Å². The van der Waals surface area contributed by atoms with E-state index in [1.54, 1.807) is 36.7 Å². The van der Waals surface area contributed by atoms with Gasteiger partial charge >= 0.3 is 0 Å². The first-order chi connectivity index (χ1) is 15.3. The number of fused-ring (bicyclic) bond motifs is 1. The highest BCUT2D eigenvalue weighted by Gasteiger charge is 2.66. The Balaban J connectivity index is 1.53. The number of hydrogen-bond donors (Lipinski definition) is 2. The normalized spacial score (nSPS) is 22.1. The van der Waals surface area contributed by atoms with Crippen molar-refractivity contribution in [3.8, 4) is 5.75 Å². The lowest BCUT2D eigenvalue weighted by atomic mass is 9.88. The Kier molecular flexibility index (Phi) is 5.65. The Morgan fingerprint density at radius 2 is 2.00 bits per heavy atom. The summed E-state index contributed by atoms with van der Waals surface area (Å²) in [6.07, 6.45) is 5.04. The zero-order chi connectivity index (χ0) is 22.9. The van der Waals surface area contributed by atoms with Crippen LogP contribution in [0, 0.1) is 6.42 Å². The molecule has 2 saturated heterocycles. The van der Waals surface area contributed by atoms with Crippen molar-refractivity contribution in [2.45, 2.75) is 30.8 Å². The number of benzene rings is 1. The van der Waals surface area contributed by atoms with Gasteiger partial charge in [0.2, 0.25) is 17.4 Å². The molecular formula is C23H23N4O5. The summed E-state index contributed by atoms with van der Waals surface area (Å²) >= 11 is 0. The first-order valence-electron chi connectivity index (χ1n) is 10.3. The second-order valence-corrected chi connectivity index (χ2v) is 7.99. The lowest BCUT2D eigenvalue weighted by molar-refractivity contribution is -0.148. The van der Waals surface area contributed by atoms with Crippen LogP contribution in [-0.4, -0.2) is 68.1 Å². The van der Waals surface area contributed by atoms with E-state index < -0.39 is 29.2 Å². The average molecular weight is 435 g/mol. The highest BCUT2D eigenvalue weighted by atomic mass is 16.3. The molecule has 0 spiro atoms. The van der Waals surface area contributed by atoms with Crippen LogP contribution in [0.4, 0.5) is 0 Å². The summed E-state index contributed by atoms with van der Waals surface area (Å²) in [5.41, 5.74) is 5.21. The number of carbonyl (C=O) groups is 4. The molecule has 1 aromatic carbocycles. The van der Waals surface area contributed by atoms with E-state index in [-0.39, 0.29) is 44.0 Å². The van der Waals surface area contributed by atoms with Crippen LogP contribution in [-0.2, 0) is 32.0 Å². The van der Waals surface area contributed by atoms with E-state index in [0.717, 1.165) is 0 Å². The van der Waals surface area contributed by atoms with E-state index in [1.807, 2.05) is 0 Å². The standard InChI is InChI=1S/C23H23N4O5/c24-22(32)23-18(26(14-19(23)29)21(31)12-16-4-2-9-25-13-16)8-10-27(23)20(30)7-6-15-3-1-5-17(28)11-15/h1-5,7,9,11,13,18,28H,6,8,10,12,14H2,(H2,24,32). The van der Waals surface area contributed by atoms with Crippen molar-refractivity contribution in [1.82, 2.24) is 14.8 Å². The molecule has 2 aromatic rings. The first-order valence-corrected chi connectivity index (χ1v) is 10.3. The van der Waals surface area contributed by atoms with Crippen LogP contribution < -0.4 is 5.73 Å². The van der Waals surface area contributed by atoms with Gasteiger partial charge in [0.15, 0.2) is 5.78 Å². The van der Waals surface area contributed by atoms with E-state index in [1.165, 1.54) is 28.4 Å². The number of nitrogens with two attached hydrogens (primary N) is 1. The van der Waals surface area contributed by atoms with Gasteiger partial charge < -0.3 is 20.6 Å². The molecule has 2 aliphatic rings. The fourth-order valence-electron chi connectivity index (χ4n) is 4.68. The van der Waals surface area contributed by atoms with Crippen molar-refractivity contribution in [2.24, 2.45) is 5.73 Å². The van der Waals surface area contributed by atoms with Gasteiger partial charge in [0.25, 0.3) is 5.91 Å². The lowest BCUT2D eigenvalue weighted by Crippen LogP contribution is -2.64. The number of aromatic nitrogens is 1. The molecule has 3 amide bonds. The van der Waals surface area contributed by atoms with Crippen LogP contribution in [0.3, 0.4) is 0 Å². The zero-order valence-corrected chi connectivity index (χ0v) is 17.3. The third-order valence-electron chi connectivity index (χ3n) is 6.11. The van der Waals surface area contributed by atoms with Gasteiger partial charge in [-0.15, -0.1) is 0 Å². The topological polar surface area (TPSA) is 134 Å². The third-order valence-corrected chi connectivity index (χ3v) is 6.11. The minimum atomic E-state index is -1.86. The molecule has 0 aliphatic carbocycles. The van der Waals surface area contributed by atoms with Crippen molar-refractivity contribution >= 4 is 23.5 Å². The first kappa shape index (κ1) is 21.5. The summed E-state index contributed by atoms with van der Waals surface area (Å²) in [4.78, 5) is 58.2. The number of ketones is 1. The smallest absolute Gasteiger partial charge is 0.253 e. The molecule has 0 bridgehead atoms. The molecule has 2 atom stereocenters. The monoisotopic (exact) mass is 435 g/mol. The largest absolute Gasteiger partial charge is 0.508 e. The van der Waals surface area contributed by atoms with Crippen LogP contribution in [0.1, 0.15) is 17.5 Å². The molecule has 2 aliphatic heterocycles. The number of aromatic hydroxyl groups is 1. The Hall–Kier alpha value is -3.75. The fourth-order valence-corrected chi connectivity index (χ4v) is 4.68. The maximum absolute atomic E-state index is 13.1. The van der Waals surface area contributed by atoms with Gasteiger partial charge in [-0.25, -0.2) is 0 Å². The number of amides is 3. The second kappa shape index (κ2) is 8.41. The summed E-state index contributed by atoms with van der Waals surface area (Å²) in [5.74, 6) is -2.24. The van der Waals surface area contributed by atoms with E-state index in [4.69, 9.17) is 5.73 Å². The molecule has 2 unspecified atom stereocenters. The number of nitrogens with zero attached hydrogens (tertiary/aromatic N) is 3. The van der Waals surface area contributed by atoms with Crippen LogP contribution >= 0.6 is 0 Å². The summed E-state index contributed by atoms with van der Waals surface area (Å²) in [7, 11) is 0. The second-order valence-electron chi connectivity index (χ2n) is 7.99. The number of phenolic OH excluding ortho intramolecular Hbond substituents is 1. The van der Waals surface area contributed by atoms with Crippen molar-refractivity contribution in [3.63, 3.8) is 0 Å². The SMILES string of the molecule is NC(=O)C12C(=O)CN(C(=O)Cc3cccnc3)C1CCN2C(=O)[CH]Cc1cccc(O)c1. The minimum Gasteiger partial charge on any atom is -0.508 e. The molecule has 165 valence electrons. The average Bonchev–Trinajstić information content (AvgIpc) is 3.30. The summed E-state index contributed by atoms with van der Waals surface area (Å²) in [6.45, 7) is -0.144. The van der Waals surface area contributed by atoms with Crippen molar-refractivity contribution < 1.29 is 24.3 Å². The fraction of sp³-hybridized carbons (Fsp3) is 0.304. The van der Waals surface area contributed by atoms with Gasteiger partial charge in [-0.2, -0.15) is 0 Å². The molecule has 3 heterocycles. The van der Waals surface area contributed by atoms with Gasteiger partial charge in [-0.05, 0) is 42.2 Å². The lowest BCUT2D eigenvalue weighted by Gasteiger charge is -2.34. The quantitative estimate of drug-likeness (QED) is 0.614. The predicted octanol–water partition coefficient (Wildman–Crippen LogP) is 0.0130. The number of hydrogen-bond acceptors (Lipinski definition) is 6. The van der Waals surface area contributed by atoms with E-state index in [9.17, 15) is 24.3 Å².